The quantitative estimate of drug-likeness (QED) is 0.549. The summed E-state index contributed by atoms with van der Waals surface area (Å²) in [4.78, 5) is 4.09. The molecule has 3 heteroatoms. The van der Waals surface area contributed by atoms with Crippen LogP contribution in [0.2, 0.25) is 0 Å². The number of nitrogens with two attached hydrogens (primary N) is 1. The average Bonchev–Trinajstić information content (AvgIpc) is 2.27. The summed E-state index contributed by atoms with van der Waals surface area (Å²) < 4.78 is 5.24. The van der Waals surface area contributed by atoms with Crippen molar-refractivity contribution in [2.45, 2.75) is 19.1 Å². The van der Waals surface area contributed by atoms with Crippen LogP contribution < -0.4 is 5.73 Å². The molecule has 0 radical (unpaired) electrons. The molecule has 0 aromatic heterocycles. The molecule has 0 aromatic rings. The minimum Gasteiger partial charge on any atom is -0.455 e. The van der Waals surface area contributed by atoms with Gasteiger partial charge in [0, 0.05) is 0 Å². The summed E-state index contributed by atoms with van der Waals surface area (Å²) in [7, 11) is 0. The van der Waals surface area contributed by atoms with Gasteiger partial charge in [0.05, 0.1) is 0 Å². The Bertz CT molecular complexity index is 265. The molecular formula is C8H10N2O. The Morgan fingerprint density at radius 1 is 1.64 bits per heavy atom. The van der Waals surface area contributed by atoms with Crippen molar-refractivity contribution < 1.29 is 4.74 Å². The van der Waals surface area contributed by atoms with Gasteiger partial charge >= 0.3 is 0 Å². The zero-order chi connectivity index (χ0) is 7.84. The van der Waals surface area contributed by atoms with Crippen LogP contribution in [-0.4, -0.2) is 18.2 Å². The van der Waals surface area contributed by atoms with E-state index in [1.807, 2.05) is 25.2 Å². The predicted molar refractivity (Wildman–Crippen MR) is 43.2 cm³/mol. The molecule has 58 valence electrons. The Kier molecular flexibility index (Phi) is 1.24. The van der Waals surface area contributed by atoms with Gasteiger partial charge in [-0.15, -0.1) is 0 Å². The minimum absolute atomic E-state index is 0.0417. The second-order valence-electron chi connectivity index (χ2n) is 2.81. The lowest BCUT2D eigenvalue weighted by atomic mass is 10.0. The highest BCUT2D eigenvalue weighted by molar-refractivity contribution is 5.74. The molecule has 0 saturated heterocycles. The van der Waals surface area contributed by atoms with E-state index in [2.05, 4.69) is 4.99 Å². The first-order chi connectivity index (χ1) is 5.25. The smallest absolute Gasteiger partial charge is 0.283 e. The fraction of sp³-hybridized carbons (Fsp3) is 0.375. The van der Waals surface area contributed by atoms with Crippen molar-refractivity contribution in [3.05, 3.63) is 23.8 Å². The van der Waals surface area contributed by atoms with Crippen molar-refractivity contribution in [3.63, 3.8) is 0 Å². The van der Waals surface area contributed by atoms with Crippen LogP contribution in [0, 0.1) is 0 Å². The first kappa shape index (κ1) is 6.46. The number of allylic oxidation sites excluding steroid dienone is 2. The van der Waals surface area contributed by atoms with Crippen LogP contribution in [0.4, 0.5) is 0 Å². The zero-order valence-corrected chi connectivity index (χ0v) is 6.32. The van der Waals surface area contributed by atoms with Gasteiger partial charge in [0.2, 0.25) is 0 Å². The zero-order valence-electron chi connectivity index (χ0n) is 6.32. The highest BCUT2D eigenvalue weighted by Crippen LogP contribution is 2.20. The Morgan fingerprint density at radius 2 is 2.45 bits per heavy atom. The molecule has 2 rings (SSSR count). The van der Waals surface area contributed by atoms with Crippen molar-refractivity contribution in [1.29, 1.82) is 0 Å². The minimum atomic E-state index is 0.0417. The third-order valence-corrected chi connectivity index (χ3v) is 1.85. The first-order valence-corrected chi connectivity index (χ1v) is 3.62. The van der Waals surface area contributed by atoms with Crippen LogP contribution >= 0.6 is 0 Å². The summed E-state index contributed by atoms with van der Waals surface area (Å²) in [5.41, 5.74) is 6.61. The average molecular weight is 150 g/mol. The molecule has 2 aliphatic rings. The number of hydrogen-bond acceptors (Lipinski definition) is 3. The van der Waals surface area contributed by atoms with Gasteiger partial charge < -0.3 is 10.5 Å². The summed E-state index contributed by atoms with van der Waals surface area (Å²) in [5.74, 6) is 0. The number of amidine groups is 1. The SMILES string of the molecule is CC1=CC2OC(N)=NC2C=C1. The van der Waals surface area contributed by atoms with Crippen LogP contribution in [0.15, 0.2) is 28.8 Å². The standard InChI is InChI=1S/C8H10N2O/c1-5-2-3-6-7(4-5)11-8(9)10-6/h2-4,6-7H,1H3,(H2,9,10). The third-order valence-electron chi connectivity index (χ3n) is 1.85. The summed E-state index contributed by atoms with van der Waals surface area (Å²) in [6.07, 6.45) is 6.13. The van der Waals surface area contributed by atoms with Crippen LogP contribution in [0.1, 0.15) is 6.92 Å². The lowest BCUT2D eigenvalue weighted by Gasteiger charge is -2.14. The van der Waals surface area contributed by atoms with Crippen molar-refractivity contribution in [3.8, 4) is 0 Å². The van der Waals surface area contributed by atoms with Crippen molar-refractivity contribution in [2.24, 2.45) is 10.7 Å². The van der Waals surface area contributed by atoms with Gasteiger partial charge in [-0.2, -0.15) is 0 Å². The molecule has 1 aliphatic carbocycles. The number of nitrogens with zero attached hydrogens (tertiary/aromatic N) is 1. The lowest BCUT2D eigenvalue weighted by Crippen LogP contribution is -2.22. The summed E-state index contributed by atoms with van der Waals surface area (Å²) in [6, 6.07) is 0.411. The molecule has 0 spiro atoms. The van der Waals surface area contributed by atoms with E-state index in [0.717, 1.165) is 0 Å². The van der Waals surface area contributed by atoms with Crippen molar-refractivity contribution in [2.75, 3.05) is 0 Å². The molecule has 1 heterocycles. The molecule has 1 aliphatic heterocycles. The van der Waals surface area contributed by atoms with E-state index in [4.69, 9.17) is 10.5 Å². The van der Waals surface area contributed by atoms with Crippen LogP contribution in [0.3, 0.4) is 0 Å². The maximum Gasteiger partial charge on any atom is 0.283 e. The van der Waals surface area contributed by atoms with Crippen LogP contribution in [-0.2, 0) is 4.74 Å². The van der Waals surface area contributed by atoms with Crippen LogP contribution in [0.25, 0.3) is 0 Å². The van der Waals surface area contributed by atoms with Gasteiger partial charge in [-0.05, 0) is 13.0 Å². The van der Waals surface area contributed by atoms with Gasteiger partial charge in [0.15, 0.2) is 0 Å². The Hall–Kier alpha value is -1.25. The van der Waals surface area contributed by atoms with Gasteiger partial charge in [0.25, 0.3) is 6.02 Å². The third kappa shape index (κ3) is 1.02. The topological polar surface area (TPSA) is 47.6 Å². The van der Waals surface area contributed by atoms with Gasteiger partial charge in [-0.3, -0.25) is 0 Å². The Labute approximate surface area is 65.3 Å². The summed E-state index contributed by atoms with van der Waals surface area (Å²) in [6.45, 7) is 2.03. The maximum absolute atomic E-state index is 5.40. The largest absolute Gasteiger partial charge is 0.455 e. The molecule has 2 atom stereocenters. The molecule has 2 unspecified atom stereocenters. The fourth-order valence-electron chi connectivity index (χ4n) is 1.31. The van der Waals surface area contributed by atoms with E-state index in [-0.39, 0.29) is 12.1 Å². The number of ether oxygens (including phenoxy) is 1. The second kappa shape index (κ2) is 2.12. The second-order valence-corrected chi connectivity index (χ2v) is 2.81. The highest BCUT2D eigenvalue weighted by Gasteiger charge is 2.27. The number of hydrogen-bond donors (Lipinski definition) is 1. The van der Waals surface area contributed by atoms with E-state index < -0.39 is 0 Å². The maximum atomic E-state index is 5.40. The number of fused-ring (bicyclic) bond motifs is 1. The molecule has 2 N–H and O–H groups in total. The Balaban J connectivity index is 2.25. The van der Waals surface area contributed by atoms with E-state index in [1.165, 1.54) is 5.57 Å². The predicted octanol–water partition coefficient (Wildman–Crippen LogP) is 0.585. The number of rotatable bonds is 0. The van der Waals surface area contributed by atoms with Gasteiger partial charge in [-0.1, -0.05) is 17.7 Å². The summed E-state index contributed by atoms with van der Waals surface area (Å²) >= 11 is 0. The molecule has 0 fully saturated rings. The van der Waals surface area contributed by atoms with Gasteiger partial charge in [0.1, 0.15) is 12.1 Å². The van der Waals surface area contributed by atoms with E-state index >= 15 is 0 Å². The molecule has 0 aromatic carbocycles. The molecular weight excluding hydrogens is 140 g/mol. The molecule has 11 heavy (non-hydrogen) atoms. The lowest BCUT2D eigenvalue weighted by molar-refractivity contribution is 0.250. The van der Waals surface area contributed by atoms with E-state index in [0.29, 0.717) is 6.02 Å². The van der Waals surface area contributed by atoms with Crippen LogP contribution in [0.5, 0.6) is 0 Å². The monoisotopic (exact) mass is 150 g/mol. The first-order valence-electron chi connectivity index (χ1n) is 3.62. The molecule has 3 nitrogen and oxygen atoms in total. The fourth-order valence-corrected chi connectivity index (χ4v) is 1.31. The van der Waals surface area contributed by atoms with Gasteiger partial charge in [-0.25, -0.2) is 4.99 Å². The summed E-state index contributed by atoms with van der Waals surface area (Å²) in [5, 5.41) is 0. The molecule has 0 saturated carbocycles. The van der Waals surface area contributed by atoms with Crippen molar-refractivity contribution in [1.82, 2.24) is 0 Å². The number of aliphatic imine (C=N–C) groups is 1. The van der Waals surface area contributed by atoms with Crippen molar-refractivity contribution >= 4 is 6.02 Å². The Morgan fingerprint density at radius 3 is 3.27 bits per heavy atom. The molecule has 0 bridgehead atoms. The van der Waals surface area contributed by atoms with E-state index in [1.54, 1.807) is 0 Å². The molecule has 0 amide bonds. The highest BCUT2D eigenvalue weighted by atomic mass is 16.5. The normalized spacial score (nSPS) is 33.9. The van der Waals surface area contributed by atoms with E-state index in [9.17, 15) is 0 Å².